The lowest BCUT2D eigenvalue weighted by atomic mass is 10.1. The molecular weight excluding hydrogens is 452 g/mol. The van der Waals surface area contributed by atoms with Gasteiger partial charge in [-0.15, -0.1) is 0 Å². The number of aryl methyl sites for hydroxylation is 1. The normalized spacial score (nSPS) is 12.1. The van der Waals surface area contributed by atoms with Gasteiger partial charge in [-0.1, -0.05) is 18.2 Å². The van der Waals surface area contributed by atoms with Gasteiger partial charge in [-0.05, 0) is 44.2 Å². The number of hydrogen-bond donors (Lipinski definition) is 1. The summed E-state index contributed by atoms with van der Waals surface area (Å²) in [6.45, 7) is 3.68. The molecule has 0 saturated heterocycles. The molecule has 1 aliphatic heterocycles. The monoisotopic (exact) mass is 478 g/mol. The summed E-state index contributed by atoms with van der Waals surface area (Å²) in [5, 5.41) is 2.41. The first-order chi connectivity index (χ1) is 16.9. The van der Waals surface area contributed by atoms with Crippen LogP contribution in [0.1, 0.15) is 21.7 Å². The molecule has 0 bridgehead atoms. The number of amides is 1. The number of carbonyl (C=O) groups excluding carboxylic acids is 3. The number of Topliss-reactive ketones (excluding diaryl/α,β-unsaturated/α-hetero) is 1. The zero-order valence-corrected chi connectivity index (χ0v) is 19.5. The lowest BCUT2D eigenvalue weighted by Gasteiger charge is -2.20. The Morgan fingerprint density at radius 2 is 1.69 bits per heavy atom. The van der Waals surface area contributed by atoms with Crippen molar-refractivity contribution in [3.63, 3.8) is 0 Å². The maximum Gasteiger partial charge on any atom is 0.325 e. The van der Waals surface area contributed by atoms with Crippen LogP contribution < -0.4 is 19.5 Å². The molecule has 1 amide bonds. The minimum absolute atomic E-state index is 0.234. The Kier molecular flexibility index (Phi) is 7.35. The Hall–Kier alpha value is -4.27. The Morgan fingerprint density at radius 1 is 0.943 bits per heavy atom. The van der Waals surface area contributed by atoms with Crippen molar-refractivity contribution in [2.45, 2.75) is 13.8 Å². The van der Waals surface area contributed by atoms with Gasteiger partial charge in [0.2, 0.25) is 5.78 Å². The van der Waals surface area contributed by atoms with Crippen LogP contribution in [-0.4, -0.2) is 55.2 Å². The van der Waals surface area contributed by atoms with Crippen molar-refractivity contribution in [3.05, 3.63) is 71.5 Å². The summed E-state index contributed by atoms with van der Waals surface area (Å²) in [6.07, 6.45) is 0. The van der Waals surface area contributed by atoms with Crippen LogP contribution in [-0.2, 0) is 14.3 Å². The number of nitrogens with zero attached hydrogens (tertiary/aromatic N) is 1. The summed E-state index contributed by atoms with van der Waals surface area (Å²) >= 11 is 0. The van der Waals surface area contributed by atoms with E-state index in [-0.39, 0.29) is 18.9 Å². The van der Waals surface area contributed by atoms with Crippen molar-refractivity contribution in [3.8, 4) is 22.9 Å². The van der Waals surface area contributed by atoms with E-state index in [4.69, 9.17) is 18.9 Å². The fourth-order valence-corrected chi connectivity index (χ4v) is 3.78. The van der Waals surface area contributed by atoms with Crippen molar-refractivity contribution >= 4 is 17.7 Å². The fourth-order valence-electron chi connectivity index (χ4n) is 3.78. The molecule has 182 valence electrons. The van der Waals surface area contributed by atoms with E-state index in [1.54, 1.807) is 30.3 Å². The van der Waals surface area contributed by atoms with E-state index < -0.39 is 18.5 Å². The molecule has 0 unspecified atom stereocenters. The molecule has 1 aliphatic rings. The Morgan fingerprint density at radius 3 is 2.46 bits per heavy atom. The van der Waals surface area contributed by atoms with Crippen LogP contribution in [0.5, 0.6) is 17.2 Å². The van der Waals surface area contributed by atoms with Crippen LogP contribution in [0, 0.1) is 13.8 Å². The SMILES string of the molecule is Cc1cc(C(=O)COC(=O)CNC(=O)COc2ccccc2)c(C)n1-c1ccc2c(c1)OCCO2. The third kappa shape index (κ3) is 5.81. The molecule has 1 aromatic heterocycles. The van der Waals surface area contributed by atoms with E-state index in [0.717, 1.165) is 11.4 Å². The lowest BCUT2D eigenvalue weighted by Crippen LogP contribution is -2.34. The molecular formula is C26H26N2O7. The van der Waals surface area contributed by atoms with Crippen LogP contribution in [0.4, 0.5) is 0 Å². The summed E-state index contributed by atoms with van der Waals surface area (Å²) in [4.78, 5) is 36.6. The van der Waals surface area contributed by atoms with Gasteiger partial charge in [0.25, 0.3) is 5.91 Å². The molecule has 3 aromatic rings. The van der Waals surface area contributed by atoms with Gasteiger partial charge >= 0.3 is 5.97 Å². The first kappa shape index (κ1) is 23.9. The third-order valence-electron chi connectivity index (χ3n) is 5.42. The first-order valence-corrected chi connectivity index (χ1v) is 11.1. The van der Waals surface area contributed by atoms with Crippen LogP contribution in [0.3, 0.4) is 0 Å². The number of rotatable bonds is 9. The molecule has 2 aromatic carbocycles. The lowest BCUT2D eigenvalue weighted by molar-refractivity contribution is -0.143. The maximum absolute atomic E-state index is 12.8. The predicted molar refractivity (Wildman–Crippen MR) is 126 cm³/mol. The van der Waals surface area contributed by atoms with Gasteiger partial charge in [-0.2, -0.15) is 0 Å². The van der Waals surface area contributed by atoms with Crippen LogP contribution in [0.25, 0.3) is 5.69 Å². The first-order valence-electron chi connectivity index (χ1n) is 11.1. The highest BCUT2D eigenvalue weighted by Gasteiger charge is 2.20. The van der Waals surface area contributed by atoms with Crippen molar-refractivity contribution in [1.82, 2.24) is 9.88 Å². The Labute approximate surface area is 202 Å². The topological polar surface area (TPSA) is 105 Å². The summed E-state index contributed by atoms with van der Waals surface area (Å²) in [7, 11) is 0. The van der Waals surface area contributed by atoms with E-state index in [1.807, 2.05) is 42.7 Å². The second-order valence-electron chi connectivity index (χ2n) is 7.91. The molecule has 4 rings (SSSR count). The number of fused-ring (bicyclic) bond motifs is 1. The van der Waals surface area contributed by atoms with Crippen molar-refractivity contribution in [2.24, 2.45) is 0 Å². The molecule has 0 saturated carbocycles. The van der Waals surface area contributed by atoms with E-state index in [9.17, 15) is 14.4 Å². The van der Waals surface area contributed by atoms with Crippen LogP contribution in [0.15, 0.2) is 54.6 Å². The Bertz CT molecular complexity index is 1230. The number of hydrogen-bond acceptors (Lipinski definition) is 7. The number of carbonyl (C=O) groups is 3. The van der Waals surface area contributed by atoms with E-state index in [1.165, 1.54) is 0 Å². The number of benzene rings is 2. The van der Waals surface area contributed by atoms with Crippen molar-refractivity contribution in [2.75, 3.05) is 33.0 Å². The van der Waals surface area contributed by atoms with Gasteiger partial charge in [-0.25, -0.2) is 0 Å². The maximum atomic E-state index is 12.8. The number of ether oxygens (including phenoxy) is 4. The number of aromatic nitrogens is 1. The summed E-state index contributed by atoms with van der Waals surface area (Å²) in [5.74, 6) is 0.356. The summed E-state index contributed by atoms with van der Waals surface area (Å²) in [5.41, 5.74) is 2.84. The number of esters is 1. The Balaban J connectivity index is 1.30. The highest BCUT2D eigenvalue weighted by Crippen LogP contribution is 2.33. The average Bonchev–Trinajstić information content (AvgIpc) is 3.18. The number of para-hydroxylation sites is 1. The van der Waals surface area contributed by atoms with Gasteiger partial charge in [0.1, 0.15) is 25.5 Å². The van der Waals surface area contributed by atoms with Crippen molar-refractivity contribution in [1.29, 1.82) is 0 Å². The highest BCUT2D eigenvalue weighted by atomic mass is 16.6. The summed E-state index contributed by atoms with van der Waals surface area (Å²) < 4.78 is 23.5. The summed E-state index contributed by atoms with van der Waals surface area (Å²) in [6, 6.07) is 16.2. The molecule has 9 heteroatoms. The molecule has 1 N–H and O–H groups in total. The van der Waals surface area contributed by atoms with Gasteiger partial charge < -0.3 is 28.8 Å². The van der Waals surface area contributed by atoms with Crippen molar-refractivity contribution < 1.29 is 33.3 Å². The fraction of sp³-hybridized carbons (Fsp3) is 0.269. The molecule has 0 spiro atoms. The zero-order valence-electron chi connectivity index (χ0n) is 19.5. The molecule has 0 radical (unpaired) electrons. The predicted octanol–water partition coefficient (Wildman–Crippen LogP) is 2.79. The van der Waals surface area contributed by atoms with Gasteiger partial charge in [0.05, 0.1) is 0 Å². The van der Waals surface area contributed by atoms with Gasteiger partial charge in [0.15, 0.2) is 24.7 Å². The quantitative estimate of drug-likeness (QED) is 0.372. The van der Waals surface area contributed by atoms with Gasteiger partial charge in [0, 0.05) is 28.7 Å². The molecule has 2 heterocycles. The number of nitrogens with one attached hydrogen (secondary N) is 1. The largest absolute Gasteiger partial charge is 0.486 e. The van der Waals surface area contributed by atoms with E-state index in [2.05, 4.69) is 5.32 Å². The minimum Gasteiger partial charge on any atom is -0.486 e. The second kappa shape index (κ2) is 10.8. The molecule has 35 heavy (non-hydrogen) atoms. The van der Waals surface area contributed by atoms with E-state index >= 15 is 0 Å². The molecule has 0 aliphatic carbocycles. The standard InChI is InChI=1S/C26H26N2O7/c1-17-12-21(18(2)28(17)19-8-9-23-24(13-19)33-11-10-32-23)22(29)15-35-26(31)14-27-25(30)16-34-20-6-4-3-5-7-20/h3-9,12-13H,10-11,14-16H2,1-2H3,(H,27,30). The average molecular weight is 479 g/mol. The zero-order chi connectivity index (χ0) is 24.8. The minimum atomic E-state index is -0.716. The molecule has 9 nitrogen and oxygen atoms in total. The smallest absolute Gasteiger partial charge is 0.325 e. The van der Waals surface area contributed by atoms with E-state index in [0.29, 0.717) is 41.7 Å². The van der Waals surface area contributed by atoms with Gasteiger partial charge in [-0.3, -0.25) is 14.4 Å². The third-order valence-corrected chi connectivity index (χ3v) is 5.42. The van der Waals surface area contributed by atoms with Crippen LogP contribution >= 0.6 is 0 Å². The molecule has 0 fully saturated rings. The molecule has 0 atom stereocenters. The van der Waals surface area contributed by atoms with Crippen LogP contribution in [0.2, 0.25) is 0 Å². The second-order valence-corrected chi connectivity index (χ2v) is 7.91. The number of ketones is 1. The highest BCUT2D eigenvalue weighted by molar-refractivity contribution is 5.99.